The van der Waals surface area contributed by atoms with Crippen LogP contribution >= 0.6 is 0 Å². The Bertz CT molecular complexity index is 85.3. The number of hydrogen-bond acceptors (Lipinski definition) is 2. The van der Waals surface area contributed by atoms with E-state index in [1.54, 1.807) is 0 Å². The van der Waals surface area contributed by atoms with Crippen LogP contribution in [0.15, 0.2) is 0 Å². The highest BCUT2D eigenvalue weighted by atomic mass is 15.1. The summed E-state index contributed by atoms with van der Waals surface area (Å²) in [6.45, 7) is 5.69. The van der Waals surface area contributed by atoms with Crippen LogP contribution < -0.4 is 5.73 Å². The molecule has 1 heterocycles. The van der Waals surface area contributed by atoms with Gasteiger partial charge in [-0.2, -0.15) is 0 Å². The lowest BCUT2D eigenvalue weighted by Gasteiger charge is -2.27. The molecule has 0 saturated carbocycles. The van der Waals surface area contributed by atoms with Gasteiger partial charge >= 0.3 is 0 Å². The van der Waals surface area contributed by atoms with Crippen molar-refractivity contribution in [3.05, 3.63) is 0 Å². The van der Waals surface area contributed by atoms with Gasteiger partial charge in [0.05, 0.1) is 0 Å². The summed E-state index contributed by atoms with van der Waals surface area (Å²) in [5.74, 6) is 0. The Labute approximate surface area is 63.4 Å². The second-order valence-electron chi connectivity index (χ2n) is 3.34. The first-order valence-electron chi connectivity index (χ1n) is 4.27. The molecule has 0 bridgehead atoms. The van der Waals surface area contributed by atoms with Crippen molar-refractivity contribution < 1.29 is 0 Å². The summed E-state index contributed by atoms with van der Waals surface area (Å²) in [4.78, 5) is 2.47. The van der Waals surface area contributed by atoms with Gasteiger partial charge in [0.15, 0.2) is 0 Å². The Hall–Kier alpha value is -0.0800. The summed E-state index contributed by atoms with van der Waals surface area (Å²) < 4.78 is 0. The van der Waals surface area contributed by atoms with Gasteiger partial charge in [0.2, 0.25) is 0 Å². The van der Waals surface area contributed by atoms with Crippen molar-refractivity contribution >= 4 is 0 Å². The van der Waals surface area contributed by atoms with Crippen molar-refractivity contribution in [1.29, 1.82) is 0 Å². The summed E-state index contributed by atoms with van der Waals surface area (Å²) in [5, 5.41) is 0. The van der Waals surface area contributed by atoms with Gasteiger partial charge in [-0.05, 0) is 32.9 Å². The Morgan fingerprint density at radius 3 is 2.40 bits per heavy atom. The molecule has 10 heavy (non-hydrogen) atoms. The molecule has 2 heteroatoms. The molecule has 1 rings (SSSR count). The Balaban J connectivity index is 2.13. The number of piperidine rings is 1. The summed E-state index contributed by atoms with van der Waals surface area (Å²) in [6, 6.07) is 0.345. The third-order valence-corrected chi connectivity index (χ3v) is 1.99. The molecule has 0 spiro atoms. The highest BCUT2D eigenvalue weighted by molar-refractivity contribution is 4.67. The first kappa shape index (κ1) is 8.02. The molecule has 2 nitrogen and oxygen atoms in total. The van der Waals surface area contributed by atoms with Crippen LogP contribution in [0, 0.1) is 0 Å². The number of nitrogens with zero attached hydrogens (tertiary/aromatic N) is 1. The SMILES string of the molecule is CC(N)CN1CCCCC1. The first-order valence-corrected chi connectivity index (χ1v) is 4.27. The Kier molecular flexibility index (Phi) is 3.16. The fourth-order valence-electron chi connectivity index (χ4n) is 1.55. The van der Waals surface area contributed by atoms with Crippen LogP contribution in [0.1, 0.15) is 26.2 Å². The third-order valence-electron chi connectivity index (χ3n) is 1.99. The maximum absolute atomic E-state index is 5.68. The standard InChI is InChI=1S/C8H18N2/c1-8(9)7-10-5-3-2-4-6-10/h8H,2-7,9H2,1H3. The number of nitrogens with two attached hydrogens (primary N) is 1. The molecule has 1 aliphatic rings. The van der Waals surface area contributed by atoms with E-state index in [1.807, 2.05) is 0 Å². The molecular formula is C8H18N2. The van der Waals surface area contributed by atoms with E-state index < -0.39 is 0 Å². The molecule has 1 atom stereocenters. The quantitative estimate of drug-likeness (QED) is 0.618. The van der Waals surface area contributed by atoms with Crippen LogP contribution in [0.25, 0.3) is 0 Å². The molecule has 0 aromatic rings. The van der Waals surface area contributed by atoms with Crippen LogP contribution in [-0.2, 0) is 0 Å². The summed E-state index contributed by atoms with van der Waals surface area (Å²) in [5.41, 5.74) is 5.68. The molecule has 0 aromatic carbocycles. The molecule has 1 unspecified atom stereocenters. The predicted molar refractivity (Wildman–Crippen MR) is 43.9 cm³/mol. The molecule has 0 aromatic heterocycles. The second-order valence-corrected chi connectivity index (χ2v) is 3.34. The van der Waals surface area contributed by atoms with E-state index in [0.717, 1.165) is 6.54 Å². The van der Waals surface area contributed by atoms with E-state index >= 15 is 0 Å². The van der Waals surface area contributed by atoms with Gasteiger partial charge in [0, 0.05) is 12.6 Å². The minimum absolute atomic E-state index is 0.345. The zero-order valence-corrected chi connectivity index (χ0v) is 6.84. The lowest BCUT2D eigenvalue weighted by Crippen LogP contribution is -2.38. The van der Waals surface area contributed by atoms with Crippen molar-refractivity contribution in [3.63, 3.8) is 0 Å². The molecule has 0 aliphatic carbocycles. The predicted octanol–water partition coefficient (Wildman–Crippen LogP) is 0.819. The molecule has 0 radical (unpaired) electrons. The zero-order valence-electron chi connectivity index (χ0n) is 6.84. The maximum atomic E-state index is 5.68. The normalized spacial score (nSPS) is 24.6. The van der Waals surface area contributed by atoms with E-state index in [4.69, 9.17) is 5.73 Å². The fourth-order valence-corrected chi connectivity index (χ4v) is 1.55. The first-order chi connectivity index (χ1) is 4.79. The van der Waals surface area contributed by atoms with E-state index in [-0.39, 0.29) is 0 Å². The molecule has 1 saturated heterocycles. The van der Waals surface area contributed by atoms with E-state index in [1.165, 1.54) is 32.4 Å². The van der Waals surface area contributed by atoms with Crippen molar-refractivity contribution in [2.24, 2.45) is 5.73 Å². The van der Waals surface area contributed by atoms with Crippen molar-refractivity contribution in [1.82, 2.24) is 4.90 Å². The monoisotopic (exact) mass is 142 g/mol. The Morgan fingerprint density at radius 2 is 1.90 bits per heavy atom. The second kappa shape index (κ2) is 3.94. The summed E-state index contributed by atoms with van der Waals surface area (Å²) in [7, 11) is 0. The van der Waals surface area contributed by atoms with Gasteiger partial charge in [0.1, 0.15) is 0 Å². The average molecular weight is 142 g/mol. The summed E-state index contributed by atoms with van der Waals surface area (Å²) in [6.07, 6.45) is 4.15. The van der Waals surface area contributed by atoms with Crippen LogP contribution in [0.5, 0.6) is 0 Å². The maximum Gasteiger partial charge on any atom is 0.0139 e. The van der Waals surface area contributed by atoms with Crippen LogP contribution in [0.3, 0.4) is 0 Å². The number of hydrogen-bond donors (Lipinski definition) is 1. The topological polar surface area (TPSA) is 29.3 Å². The minimum Gasteiger partial charge on any atom is -0.327 e. The smallest absolute Gasteiger partial charge is 0.0139 e. The average Bonchev–Trinajstić information content (AvgIpc) is 1.88. The fraction of sp³-hybridized carbons (Fsp3) is 1.00. The van der Waals surface area contributed by atoms with E-state index in [2.05, 4.69) is 11.8 Å². The molecular weight excluding hydrogens is 124 g/mol. The minimum atomic E-state index is 0.345. The van der Waals surface area contributed by atoms with Crippen molar-refractivity contribution in [2.75, 3.05) is 19.6 Å². The molecule has 60 valence electrons. The van der Waals surface area contributed by atoms with Gasteiger partial charge in [-0.15, -0.1) is 0 Å². The van der Waals surface area contributed by atoms with Gasteiger partial charge in [-0.25, -0.2) is 0 Å². The van der Waals surface area contributed by atoms with Gasteiger partial charge < -0.3 is 10.6 Å². The van der Waals surface area contributed by atoms with E-state index in [9.17, 15) is 0 Å². The molecule has 2 N–H and O–H groups in total. The van der Waals surface area contributed by atoms with E-state index in [0.29, 0.717) is 6.04 Å². The third kappa shape index (κ3) is 2.67. The highest BCUT2D eigenvalue weighted by Crippen LogP contribution is 2.07. The van der Waals surface area contributed by atoms with Crippen molar-refractivity contribution in [3.8, 4) is 0 Å². The lowest BCUT2D eigenvalue weighted by molar-refractivity contribution is 0.219. The number of rotatable bonds is 2. The van der Waals surface area contributed by atoms with Gasteiger partial charge in [-0.3, -0.25) is 0 Å². The van der Waals surface area contributed by atoms with Gasteiger partial charge in [-0.1, -0.05) is 6.42 Å². The van der Waals surface area contributed by atoms with Crippen LogP contribution in [0.4, 0.5) is 0 Å². The van der Waals surface area contributed by atoms with Gasteiger partial charge in [0.25, 0.3) is 0 Å². The zero-order chi connectivity index (χ0) is 7.40. The molecule has 1 aliphatic heterocycles. The highest BCUT2D eigenvalue weighted by Gasteiger charge is 2.10. The Morgan fingerprint density at radius 1 is 1.30 bits per heavy atom. The van der Waals surface area contributed by atoms with Crippen molar-refractivity contribution in [2.45, 2.75) is 32.2 Å². The molecule has 1 fully saturated rings. The lowest BCUT2D eigenvalue weighted by atomic mass is 10.1. The van der Waals surface area contributed by atoms with Crippen LogP contribution in [0.2, 0.25) is 0 Å². The van der Waals surface area contributed by atoms with Crippen LogP contribution in [-0.4, -0.2) is 30.6 Å². The number of likely N-dealkylation sites (tertiary alicyclic amines) is 1. The summed E-state index contributed by atoms with van der Waals surface area (Å²) >= 11 is 0. The molecule has 0 amide bonds. The largest absolute Gasteiger partial charge is 0.327 e.